The minimum atomic E-state index is -0.0995. The first-order chi connectivity index (χ1) is 9.51. The summed E-state index contributed by atoms with van der Waals surface area (Å²) in [6, 6.07) is 7.51. The number of benzene rings is 1. The third-order valence-electron chi connectivity index (χ3n) is 2.77. The van der Waals surface area contributed by atoms with Gasteiger partial charge < -0.3 is 10.6 Å². The van der Waals surface area contributed by atoms with Crippen molar-refractivity contribution in [2.75, 3.05) is 5.32 Å². The van der Waals surface area contributed by atoms with Crippen molar-refractivity contribution < 1.29 is 9.59 Å². The van der Waals surface area contributed by atoms with Crippen molar-refractivity contribution in [2.45, 2.75) is 39.7 Å². The molecule has 0 bridgehead atoms. The molecule has 1 atom stereocenters. The molecular formula is C16H22N2O2. The summed E-state index contributed by atoms with van der Waals surface area (Å²) in [4.78, 5) is 22.6. The van der Waals surface area contributed by atoms with Crippen LogP contribution in [-0.2, 0) is 9.59 Å². The van der Waals surface area contributed by atoms with Crippen LogP contribution < -0.4 is 10.6 Å². The Hall–Kier alpha value is -2.10. The van der Waals surface area contributed by atoms with Crippen LogP contribution in [0.1, 0.15) is 39.2 Å². The maximum atomic E-state index is 11.7. The van der Waals surface area contributed by atoms with E-state index in [1.54, 1.807) is 18.2 Å². The molecule has 0 aliphatic rings. The van der Waals surface area contributed by atoms with Gasteiger partial charge in [0.2, 0.25) is 11.8 Å². The fourth-order valence-corrected chi connectivity index (χ4v) is 1.85. The van der Waals surface area contributed by atoms with Crippen LogP contribution in [0.25, 0.3) is 6.08 Å². The molecule has 20 heavy (non-hydrogen) atoms. The molecule has 0 radical (unpaired) electrons. The zero-order valence-electron chi connectivity index (χ0n) is 12.3. The Morgan fingerprint density at radius 1 is 1.25 bits per heavy atom. The van der Waals surface area contributed by atoms with Crippen LogP contribution in [0.2, 0.25) is 0 Å². The number of rotatable bonds is 6. The molecule has 0 aliphatic carbocycles. The van der Waals surface area contributed by atoms with Gasteiger partial charge in [-0.1, -0.05) is 25.5 Å². The van der Waals surface area contributed by atoms with Crippen molar-refractivity contribution in [3.8, 4) is 0 Å². The Bertz CT molecular complexity index is 478. The standard InChI is InChI=1S/C16H22N2O2/c1-4-5-12(2)17-16(20)11-8-14-6-9-15(10-7-14)18-13(3)19/h6-12H,4-5H2,1-3H3,(H,17,20)(H,18,19)/b11-8+. The number of anilines is 1. The number of carbonyl (C=O) groups excluding carboxylic acids is 2. The van der Waals surface area contributed by atoms with Crippen molar-refractivity contribution in [1.82, 2.24) is 5.32 Å². The zero-order chi connectivity index (χ0) is 15.0. The molecule has 0 heterocycles. The Kier molecular flexibility index (Phi) is 6.50. The first-order valence-electron chi connectivity index (χ1n) is 6.87. The minimum absolute atomic E-state index is 0.0862. The topological polar surface area (TPSA) is 58.2 Å². The number of hydrogen-bond acceptors (Lipinski definition) is 2. The average Bonchev–Trinajstić information content (AvgIpc) is 2.37. The molecule has 0 aromatic heterocycles. The second kappa shape index (κ2) is 8.15. The number of carbonyl (C=O) groups is 2. The summed E-state index contributed by atoms with van der Waals surface area (Å²) in [5, 5.41) is 5.60. The van der Waals surface area contributed by atoms with Gasteiger partial charge in [-0.2, -0.15) is 0 Å². The second-order valence-electron chi connectivity index (χ2n) is 4.83. The lowest BCUT2D eigenvalue weighted by Gasteiger charge is -2.10. The smallest absolute Gasteiger partial charge is 0.244 e. The van der Waals surface area contributed by atoms with Gasteiger partial charge in [0.05, 0.1) is 0 Å². The van der Waals surface area contributed by atoms with Crippen LogP contribution in [-0.4, -0.2) is 17.9 Å². The molecule has 108 valence electrons. The van der Waals surface area contributed by atoms with Crippen LogP contribution in [0.15, 0.2) is 30.3 Å². The molecule has 4 nitrogen and oxygen atoms in total. The van der Waals surface area contributed by atoms with E-state index in [0.717, 1.165) is 24.1 Å². The fourth-order valence-electron chi connectivity index (χ4n) is 1.85. The normalized spacial score (nSPS) is 12.2. The van der Waals surface area contributed by atoms with Gasteiger partial charge in [0, 0.05) is 24.7 Å². The van der Waals surface area contributed by atoms with Crippen molar-refractivity contribution in [3.05, 3.63) is 35.9 Å². The fraction of sp³-hybridized carbons (Fsp3) is 0.375. The Morgan fingerprint density at radius 3 is 2.45 bits per heavy atom. The summed E-state index contributed by atoms with van der Waals surface area (Å²) in [7, 11) is 0. The van der Waals surface area contributed by atoms with Gasteiger partial charge in [-0.25, -0.2) is 0 Å². The number of nitrogens with one attached hydrogen (secondary N) is 2. The third-order valence-corrected chi connectivity index (χ3v) is 2.77. The summed E-state index contributed by atoms with van der Waals surface area (Å²) in [5.41, 5.74) is 1.66. The summed E-state index contributed by atoms with van der Waals surface area (Å²) < 4.78 is 0. The average molecular weight is 274 g/mol. The van der Waals surface area contributed by atoms with E-state index >= 15 is 0 Å². The van der Waals surface area contributed by atoms with E-state index in [1.807, 2.05) is 19.1 Å². The molecular weight excluding hydrogens is 252 g/mol. The first kappa shape index (κ1) is 16.0. The SMILES string of the molecule is CCCC(C)NC(=O)/C=C/c1ccc(NC(C)=O)cc1. The molecule has 1 rings (SSSR count). The van der Waals surface area contributed by atoms with Crippen LogP contribution in [0, 0.1) is 0 Å². The Labute approximate surface area is 120 Å². The van der Waals surface area contributed by atoms with Gasteiger partial charge in [-0.3, -0.25) is 9.59 Å². The van der Waals surface area contributed by atoms with E-state index in [1.165, 1.54) is 13.0 Å². The van der Waals surface area contributed by atoms with E-state index < -0.39 is 0 Å². The summed E-state index contributed by atoms with van der Waals surface area (Å²) in [6.45, 7) is 5.56. The monoisotopic (exact) mass is 274 g/mol. The van der Waals surface area contributed by atoms with Gasteiger partial charge in [0.15, 0.2) is 0 Å². The quantitative estimate of drug-likeness (QED) is 0.783. The van der Waals surface area contributed by atoms with Crippen LogP contribution in [0.5, 0.6) is 0 Å². The number of hydrogen-bond donors (Lipinski definition) is 2. The van der Waals surface area contributed by atoms with E-state index in [0.29, 0.717) is 0 Å². The molecule has 1 unspecified atom stereocenters. The lowest BCUT2D eigenvalue weighted by Crippen LogP contribution is -2.30. The van der Waals surface area contributed by atoms with Crippen molar-refractivity contribution in [2.24, 2.45) is 0 Å². The molecule has 0 saturated heterocycles. The van der Waals surface area contributed by atoms with E-state index in [9.17, 15) is 9.59 Å². The molecule has 4 heteroatoms. The molecule has 2 N–H and O–H groups in total. The van der Waals surface area contributed by atoms with E-state index in [2.05, 4.69) is 17.6 Å². The predicted molar refractivity (Wildman–Crippen MR) is 82.3 cm³/mol. The van der Waals surface area contributed by atoms with Gasteiger partial charge in [0.25, 0.3) is 0 Å². The highest BCUT2D eigenvalue weighted by molar-refractivity contribution is 5.92. The molecule has 2 amide bonds. The minimum Gasteiger partial charge on any atom is -0.350 e. The van der Waals surface area contributed by atoms with Gasteiger partial charge in [-0.15, -0.1) is 0 Å². The van der Waals surface area contributed by atoms with Gasteiger partial charge in [0.1, 0.15) is 0 Å². The van der Waals surface area contributed by atoms with Crippen LogP contribution >= 0.6 is 0 Å². The van der Waals surface area contributed by atoms with Crippen LogP contribution in [0.4, 0.5) is 5.69 Å². The lowest BCUT2D eigenvalue weighted by atomic mass is 10.1. The maximum Gasteiger partial charge on any atom is 0.244 e. The van der Waals surface area contributed by atoms with Crippen molar-refractivity contribution >= 4 is 23.6 Å². The highest BCUT2D eigenvalue weighted by atomic mass is 16.2. The Balaban J connectivity index is 2.53. The van der Waals surface area contributed by atoms with Crippen molar-refractivity contribution in [1.29, 1.82) is 0 Å². The predicted octanol–water partition coefficient (Wildman–Crippen LogP) is 2.96. The highest BCUT2D eigenvalue weighted by Gasteiger charge is 2.02. The maximum absolute atomic E-state index is 11.7. The summed E-state index contributed by atoms with van der Waals surface area (Å²) >= 11 is 0. The third kappa shape index (κ3) is 6.18. The largest absolute Gasteiger partial charge is 0.350 e. The zero-order valence-corrected chi connectivity index (χ0v) is 12.3. The first-order valence-corrected chi connectivity index (χ1v) is 6.87. The summed E-state index contributed by atoms with van der Waals surface area (Å²) in [6.07, 6.45) is 5.31. The van der Waals surface area contributed by atoms with E-state index in [4.69, 9.17) is 0 Å². The molecule has 1 aromatic carbocycles. The molecule has 1 aromatic rings. The summed E-state index contributed by atoms with van der Waals surface area (Å²) in [5.74, 6) is -0.186. The second-order valence-corrected chi connectivity index (χ2v) is 4.83. The van der Waals surface area contributed by atoms with Gasteiger partial charge >= 0.3 is 0 Å². The molecule has 0 saturated carbocycles. The van der Waals surface area contributed by atoms with Crippen molar-refractivity contribution in [3.63, 3.8) is 0 Å². The Morgan fingerprint density at radius 2 is 1.90 bits per heavy atom. The molecule has 0 spiro atoms. The molecule has 0 fully saturated rings. The number of amides is 2. The van der Waals surface area contributed by atoms with Gasteiger partial charge in [-0.05, 0) is 37.1 Å². The van der Waals surface area contributed by atoms with E-state index in [-0.39, 0.29) is 17.9 Å². The highest BCUT2D eigenvalue weighted by Crippen LogP contribution is 2.10. The molecule has 0 aliphatic heterocycles. The van der Waals surface area contributed by atoms with Crippen LogP contribution in [0.3, 0.4) is 0 Å². The lowest BCUT2D eigenvalue weighted by molar-refractivity contribution is -0.117.